The van der Waals surface area contributed by atoms with E-state index in [9.17, 15) is 4.79 Å². The predicted molar refractivity (Wildman–Crippen MR) is 93.2 cm³/mol. The van der Waals surface area contributed by atoms with Gasteiger partial charge in [0.05, 0.1) is 24.7 Å². The Morgan fingerprint density at radius 1 is 1.20 bits per heavy atom. The lowest BCUT2D eigenvalue weighted by molar-refractivity contribution is 0.0442. The van der Waals surface area contributed by atoms with Crippen LogP contribution in [-0.4, -0.2) is 60.7 Å². The van der Waals surface area contributed by atoms with Gasteiger partial charge in [0.25, 0.3) is 0 Å². The van der Waals surface area contributed by atoms with Crippen LogP contribution < -0.4 is 10.1 Å². The summed E-state index contributed by atoms with van der Waals surface area (Å²) in [6.07, 6.45) is 3.94. The molecule has 1 aromatic carbocycles. The van der Waals surface area contributed by atoms with Crippen molar-refractivity contribution in [3.8, 4) is 11.8 Å². The molecule has 2 aliphatic heterocycles. The lowest BCUT2D eigenvalue weighted by Crippen LogP contribution is -2.59. The standard InChI is InChI=1S/C19H24N4O2/c20-9-14-1-5-17(6-2-14)25-18-12-23(13-18)19(24)21-10-15-7-8-22(11-15)16-3-4-16/h1-2,5-6,15-16,18H,3-4,7-8,10-13H2,(H,21,24)/t15-/m0/s1. The van der Waals surface area contributed by atoms with Gasteiger partial charge in [-0.1, -0.05) is 0 Å². The fourth-order valence-corrected chi connectivity index (χ4v) is 3.62. The second kappa shape index (κ2) is 6.93. The number of nitriles is 1. The molecule has 0 spiro atoms. The van der Waals surface area contributed by atoms with Crippen molar-refractivity contribution in [2.45, 2.75) is 31.4 Å². The van der Waals surface area contributed by atoms with Gasteiger partial charge in [0.15, 0.2) is 0 Å². The number of likely N-dealkylation sites (tertiary alicyclic amines) is 2. The average Bonchev–Trinajstić information content (AvgIpc) is 3.34. The Balaban J connectivity index is 1.15. The minimum atomic E-state index is 0.0181. The van der Waals surface area contributed by atoms with Gasteiger partial charge in [-0.3, -0.25) is 0 Å². The molecule has 2 saturated heterocycles. The van der Waals surface area contributed by atoms with Gasteiger partial charge < -0.3 is 19.9 Å². The third-order valence-electron chi connectivity index (χ3n) is 5.34. The summed E-state index contributed by atoms with van der Waals surface area (Å²) in [5, 5.41) is 11.9. The Morgan fingerprint density at radius 2 is 1.96 bits per heavy atom. The van der Waals surface area contributed by atoms with Crippen LogP contribution in [0, 0.1) is 17.2 Å². The summed E-state index contributed by atoms with van der Waals surface area (Å²) in [5.74, 6) is 1.34. The Bertz CT molecular complexity index is 659. The highest BCUT2D eigenvalue weighted by Gasteiger charge is 2.35. The van der Waals surface area contributed by atoms with Gasteiger partial charge >= 0.3 is 6.03 Å². The van der Waals surface area contributed by atoms with Crippen LogP contribution in [-0.2, 0) is 0 Å². The Labute approximate surface area is 148 Å². The topological polar surface area (TPSA) is 68.6 Å². The zero-order chi connectivity index (χ0) is 17.2. The van der Waals surface area contributed by atoms with Crippen LogP contribution in [0.25, 0.3) is 0 Å². The Kier molecular flexibility index (Phi) is 4.50. The predicted octanol–water partition coefficient (Wildman–Crippen LogP) is 1.82. The van der Waals surface area contributed by atoms with E-state index in [0.717, 1.165) is 24.9 Å². The van der Waals surface area contributed by atoms with Crippen molar-refractivity contribution in [2.75, 3.05) is 32.7 Å². The summed E-state index contributed by atoms with van der Waals surface area (Å²) in [4.78, 5) is 16.6. The number of urea groups is 1. The summed E-state index contributed by atoms with van der Waals surface area (Å²) in [5.41, 5.74) is 0.620. The highest BCUT2D eigenvalue weighted by molar-refractivity contribution is 5.75. The molecule has 6 heteroatoms. The second-order valence-electron chi connectivity index (χ2n) is 7.35. The smallest absolute Gasteiger partial charge is 0.317 e. The molecule has 4 rings (SSSR count). The maximum Gasteiger partial charge on any atom is 0.317 e. The van der Waals surface area contributed by atoms with E-state index < -0.39 is 0 Å². The van der Waals surface area contributed by atoms with E-state index >= 15 is 0 Å². The second-order valence-corrected chi connectivity index (χ2v) is 7.35. The molecule has 0 aromatic heterocycles. The fraction of sp³-hybridized carbons (Fsp3) is 0.579. The molecular formula is C19H24N4O2. The van der Waals surface area contributed by atoms with Gasteiger partial charge in [0.1, 0.15) is 11.9 Å². The Morgan fingerprint density at radius 3 is 2.64 bits per heavy atom. The maximum absolute atomic E-state index is 12.2. The van der Waals surface area contributed by atoms with Crippen LogP contribution in [0.1, 0.15) is 24.8 Å². The van der Waals surface area contributed by atoms with Gasteiger partial charge in [0, 0.05) is 19.1 Å². The molecule has 3 aliphatic rings. The van der Waals surface area contributed by atoms with E-state index in [1.54, 1.807) is 29.2 Å². The van der Waals surface area contributed by atoms with Crippen LogP contribution in [0.15, 0.2) is 24.3 Å². The first-order valence-electron chi connectivity index (χ1n) is 9.15. The van der Waals surface area contributed by atoms with Crippen molar-refractivity contribution in [3.63, 3.8) is 0 Å². The molecule has 1 N–H and O–H groups in total. The zero-order valence-electron chi connectivity index (χ0n) is 14.4. The van der Waals surface area contributed by atoms with Crippen LogP contribution in [0.4, 0.5) is 4.79 Å². The van der Waals surface area contributed by atoms with Crippen molar-refractivity contribution in [2.24, 2.45) is 5.92 Å². The fourth-order valence-electron chi connectivity index (χ4n) is 3.62. The number of nitrogens with zero attached hydrogens (tertiary/aromatic N) is 3. The number of hydrogen-bond donors (Lipinski definition) is 1. The number of ether oxygens (including phenoxy) is 1. The third kappa shape index (κ3) is 3.88. The van der Waals surface area contributed by atoms with Crippen LogP contribution in [0.5, 0.6) is 5.75 Å². The Hall–Kier alpha value is -2.26. The first-order chi connectivity index (χ1) is 12.2. The largest absolute Gasteiger partial charge is 0.487 e. The zero-order valence-corrected chi connectivity index (χ0v) is 14.4. The first kappa shape index (κ1) is 16.2. The van der Waals surface area contributed by atoms with Gasteiger partial charge in [-0.05, 0) is 56.0 Å². The molecule has 0 radical (unpaired) electrons. The summed E-state index contributed by atoms with van der Waals surface area (Å²) in [6, 6.07) is 10.0. The molecule has 6 nitrogen and oxygen atoms in total. The average molecular weight is 340 g/mol. The SMILES string of the molecule is N#Cc1ccc(OC2CN(C(=O)NC[C@@H]3CCN(C4CC4)C3)C2)cc1. The highest BCUT2D eigenvalue weighted by atomic mass is 16.5. The molecule has 2 heterocycles. The molecule has 132 valence electrons. The third-order valence-corrected chi connectivity index (χ3v) is 5.34. The minimum Gasteiger partial charge on any atom is -0.487 e. The molecular weight excluding hydrogens is 316 g/mol. The number of carbonyl (C=O) groups is 1. The lowest BCUT2D eigenvalue weighted by atomic mass is 10.1. The van der Waals surface area contributed by atoms with E-state index in [4.69, 9.17) is 10.00 Å². The van der Waals surface area contributed by atoms with Crippen LogP contribution in [0.2, 0.25) is 0 Å². The number of hydrogen-bond acceptors (Lipinski definition) is 4. The van der Waals surface area contributed by atoms with Gasteiger partial charge in [-0.2, -0.15) is 5.26 Å². The number of benzene rings is 1. The van der Waals surface area contributed by atoms with Gasteiger partial charge in [0.2, 0.25) is 0 Å². The van der Waals surface area contributed by atoms with Crippen molar-refractivity contribution in [1.29, 1.82) is 5.26 Å². The molecule has 25 heavy (non-hydrogen) atoms. The van der Waals surface area contributed by atoms with E-state index in [-0.39, 0.29) is 12.1 Å². The van der Waals surface area contributed by atoms with E-state index in [2.05, 4.69) is 16.3 Å². The van der Waals surface area contributed by atoms with Crippen molar-refractivity contribution in [1.82, 2.24) is 15.1 Å². The summed E-state index contributed by atoms with van der Waals surface area (Å²) in [7, 11) is 0. The van der Waals surface area contributed by atoms with Crippen LogP contribution in [0.3, 0.4) is 0 Å². The van der Waals surface area contributed by atoms with Crippen molar-refractivity contribution in [3.05, 3.63) is 29.8 Å². The number of amides is 2. The van der Waals surface area contributed by atoms with Crippen molar-refractivity contribution >= 4 is 6.03 Å². The molecule has 1 atom stereocenters. The lowest BCUT2D eigenvalue weighted by Gasteiger charge is -2.39. The first-order valence-corrected chi connectivity index (χ1v) is 9.15. The number of rotatable bonds is 5. The van der Waals surface area contributed by atoms with E-state index in [0.29, 0.717) is 24.6 Å². The monoisotopic (exact) mass is 340 g/mol. The number of nitrogens with one attached hydrogen (secondary N) is 1. The van der Waals surface area contributed by atoms with Gasteiger partial charge in [-0.15, -0.1) is 0 Å². The van der Waals surface area contributed by atoms with E-state index in [1.165, 1.54) is 25.8 Å². The van der Waals surface area contributed by atoms with Crippen LogP contribution >= 0.6 is 0 Å². The molecule has 1 saturated carbocycles. The summed E-state index contributed by atoms with van der Waals surface area (Å²) in [6.45, 7) is 4.33. The summed E-state index contributed by atoms with van der Waals surface area (Å²) < 4.78 is 5.82. The van der Waals surface area contributed by atoms with E-state index in [1.807, 2.05) is 0 Å². The summed E-state index contributed by atoms with van der Waals surface area (Å²) >= 11 is 0. The highest BCUT2D eigenvalue weighted by Crippen LogP contribution is 2.31. The normalized spacial score (nSPS) is 23.8. The quantitative estimate of drug-likeness (QED) is 0.888. The molecule has 0 bridgehead atoms. The molecule has 1 aliphatic carbocycles. The van der Waals surface area contributed by atoms with Crippen molar-refractivity contribution < 1.29 is 9.53 Å². The molecule has 2 amide bonds. The minimum absolute atomic E-state index is 0.0181. The molecule has 0 unspecified atom stereocenters. The molecule has 3 fully saturated rings. The maximum atomic E-state index is 12.2. The van der Waals surface area contributed by atoms with Gasteiger partial charge in [-0.25, -0.2) is 4.79 Å². The number of carbonyl (C=O) groups excluding carboxylic acids is 1. The molecule has 1 aromatic rings.